The second kappa shape index (κ2) is 6.46. The van der Waals surface area contributed by atoms with E-state index in [1.807, 2.05) is 30.5 Å². The minimum absolute atomic E-state index is 0.184. The molecule has 27 heavy (non-hydrogen) atoms. The molecule has 1 aromatic carbocycles. The molecular weight excluding hydrogens is 360 g/mol. The summed E-state index contributed by atoms with van der Waals surface area (Å²) in [7, 11) is 0. The summed E-state index contributed by atoms with van der Waals surface area (Å²) in [6, 6.07) is 7.52. The number of aliphatic hydroxyl groups is 1. The number of benzene rings is 1. The second-order valence-electron chi connectivity index (χ2n) is 6.16. The Kier molecular flexibility index (Phi) is 4.11. The lowest BCUT2D eigenvalue weighted by atomic mass is 10.1. The Hall–Kier alpha value is -3.28. The fourth-order valence-corrected chi connectivity index (χ4v) is 3.37. The molecule has 8 heteroatoms. The Bertz CT molecular complexity index is 1180. The van der Waals surface area contributed by atoms with E-state index in [9.17, 15) is 5.11 Å². The number of anilines is 1. The summed E-state index contributed by atoms with van der Waals surface area (Å²) >= 11 is 1.37. The maximum Gasteiger partial charge on any atom is 0.221 e. The SMILES string of the molecule is Cc1nn(-c2ccnc(N)n2)c2cc(C#C[C@@](C)(O)c3nccs3)ccc12. The molecule has 3 heterocycles. The van der Waals surface area contributed by atoms with Gasteiger partial charge in [-0.25, -0.2) is 14.6 Å². The predicted octanol–water partition coefficient (Wildman–Crippen LogP) is 2.42. The molecule has 0 fully saturated rings. The highest BCUT2D eigenvalue weighted by molar-refractivity contribution is 7.09. The molecular formula is C19H16N6OS. The van der Waals surface area contributed by atoms with Gasteiger partial charge >= 0.3 is 0 Å². The number of aryl methyl sites for hydroxylation is 1. The quantitative estimate of drug-likeness (QED) is 0.521. The van der Waals surface area contributed by atoms with E-state index in [-0.39, 0.29) is 5.95 Å². The monoisotopic (exact) mass is 376 g/mol. The van der Waals surface area contributed by atoms with Crippen LogP contribution in [0.25, 0.3) is 16.7 Å². The molecule has 3 N–H and O–H groups in total. The number of fused-ring (bicyclic) bond motifs is 1. The Labute approximate surface area is 159 Å². The number of nitrogens with two attached hydrogens (primary N) is 1. The minimum atomic E-state index is -1.31. The fraction of sp³-hybridized carbons (Fsp3) is 0.158. The van der Waals surface area contributed by atoms with Gasteiger partial charge in [-0.05, 0) is 32.0 Å². The average Bonchev–Trinajstić information content (AvgIpc) is 3.29. The molecule has 3 aromatic heterocycles. The molecule has 0 spiro atoms. The van der Waals surface area contributed by atoms with Gasteiger partial charge in [0.1, 0.15) is 5.01 Å². The normalized spacial score (nSPS) is 13.1. The summed E-state index contributed by atoms with van der Waals surface area (Å²) < 4.78 is 1.72. The van der Waals surface area contributed by atoms with E-state index >= 15 is 0 Å². The summed E-state index contributed by atoms with van der Waals surface area (Å²) in [6.45, 7) is 3.57. The van der Waals surface area contributed by atoms with Crippen molar-refractivity contribution in [2.45, 2.75) is 19.4 Å². The molecule has 0 aliphatic carbocycles. The molecule has 0 unspecified atom stereocenters. The van der Waals surface area contributed by atoms with Gasteiger partial charge in [-0.3, -0.25) is 0 Å². The van der Waals surface area contributed by atoms with Gasteiger partial charge in [0.05, 0.1) is 11.2 Å². The third kappa shape index (κ3) is 3.26. The van der Waals surface area contributed by atoms with E-state index in [1.54, 1.807) is 30.1 Å². The Morgan fingerprint density at radius 2 is 2.07 bits per heavy atom. The van der Waals surface area contributed by atoms with Crippen LogP contribution < -0.4 is 5.73 Å². The number of hydrogen-bond donors (Lipinski definition) is 2. The first-order chi connectivity index (χ1) is 12.9. The van der Waals surface area contributed by atoms with Crippen LogP contribution in [-0.2, 0) is 5.60 Å². The summed E-state index contributed by atoms with van der Waals surface area (Å²) in [4.78, 5) is 12.3. The molecule has 0 bridgehead atoms. The molecule has 0 saturated carbocycles. The van der Waals surface area contributed by atoms with Crippen LogP contribution in [0.15, 0.2) is 42.0 Å². The van der Waals surface area contributed by atoms with Crippen molar-refractivity contribution in [3.8, 4) is 17.7 Å². The largest absolute Gasteiger partial charge is 0.371 e. The van der Waals surface area contributed by atoms with Crippen molar-refractivity contribution in [1.82, 2.24) is 24.7 Å². The maximum absolute atomic E-state index is 10.5. The lowest BCUT2D eigenvalue weighted by Crippen LogP contribution is -2.17. The molecule has 1 atom stereocenters. The standard InChI is InChI=1S/C19H16N6OS/c1-12-14-4-3-13(5-7-19(2,26)17-21-9-10-27-17)11-15(14)25(24-12)16-6-8-22-18(20)23-16/h3-4,6,8-11,26H,1-2H3,(H2,20,22,23)/t19-/m1/s1. The third-order valence-corrected chi connectivity index (χ3v) is 5.03. The van der Waals surface area contributed by atoms with Crippen LogP contribution in [0.5, 0.6) is 0 Å². The van der Waals surface area contributed by atoms with Crippen molar-refractivity contribution < 1.29 is 5.11 Å². The maximum atomic E-state index is 10.5. The highest BCUT2D eigenvalue weighted by Crippen LogP contribution is 2.24. The van der Waals surface area contributed by atoms with Gasteiger partial charge in [0.25, 0.3) is 0 Å². The summed E-state index contributed by atoms with van der Waals surface area (Å²) in [6.07, 6.45) is 3.24. The van der Waals surface area contributed by atoms with Crippen LogP contribution >= 0.6 is 11.3 Å². The Morgan fingerprint density at radius 3 is 2.81 bits per heavy atom. The molecule has 4 aromatic rings. The highest BCUT2D eigenvalue weighted by Gasteiger charge is 2.22. The van der Waals surface area contributed by atoms with Crippen LogP contribution in [0.3, 0.4) is 0 Å². The first-order valence-corrected chi connectivity index (χ1v) is 9.06. The Balaban J connectivity index is 1.79. The summed E-state index contributed by atoms with van der Waals surface area (Å²) in [5.74, 6) is 6.70. The molecule has 0 saturated heterocycles. The van der Waals surface area contributed by atoms with E-state index in [0.717, 1.165) is 22.2 Å². The van der Waals surface area contributed by atoms with Crippen LogP contribution in [0.1, 0.15) is 23.2 Å². The van der Waals surface area contributed by atoms with Gasteiger partial charge in [0.2, 0.25) is 5.95 Å². The predicted molar refractivity (Wildman–Crippen MR) is 104 cm³/mol. The molecule has 134 valence electrons. The zero-order chi connectivity index (χ0) is 19.0. The van der Waals surface area contributed by atoms with E-state index in [0.29, 0.717) is 10.8 Å². The zero-order valence-electron chi connectivity index (χ0n) is 14.7. The summed E-state index contributed by atoms with van der Waals surface area (Å²) in [5, 5.41) is 18.5. The lowest BCUT2D eigenvalue weighted by molar-refractivity contribution is 0.122. The van der Waals surface area contributed by atoms with Gasteiger partial charge < -0.3 is 10.8 Å². The van der Waals surface area contributed by atoms with Gasteiger partial charge in [0, 0.05) is 34.8 Å². The van der Waals surface area contributed by atoms with E-state index < -0.39 is 5.60 Å². The number of aromatic nitrogens is 5. The smallest absolute Gasteiger partial charge is 0.221 e. The molecule has 4 rings (SSSR count). The third-order valence-electron chi connectivity index (χ3n) is 4.04. The van der Waals surface area contributed by atoms with Crippen molar-refractivity contribution in [2.75, 3.05) is 5.73 Å². The molecule has 0 radical (unpaired) electrons. The fourth-order valence-electron chi connectivity index (χ4n) is 2.72. The number of nitrogens with zero attached hydrogens (tertiary/aromatic N) is 5. The van der Waals surface area contributed by atoms with E-state index in [2.05, 4.69) is 31.9 Å². The van der Waals surface area contributed by atoms with Gasteiger partial charge in [-0.15, -0.1) is 11.3 Å². The van der Waals surface area contributed by atoms with E-state index in [1.165, 1.54) is 11.3 Å². The van der Waals surface area contributed by atoms with Crippen LogP contribution in [-0.4, -0.2) is 29.8 Å². The molecule has 0 aliphatic heterocycles. The van der Waals surface area contributed by atoms with Gasteiger partial charge in [0.15, 0.2) is 11.4 Å². The lowest BCUT2D eigenvalue weighted by Gasteiger charge is -2.11. The first kappa shape index (κ1) is 17.1. The Morgan fingerprint density at radius 1 is 1.22 bits per heavy atom. The number of nitrogen functional groups attached to an aromatic ring is 1. The van der Waals surface area contributed by atoms with Gasteiger partial charge in [-0.1, -0.05) is 11.8 Å². The van der Waals surface area contributed by atoms with Gasteiger partial charge in [-0.2, -0.15) is 10.1 Å². The topological polar surface area (TPSA) is 103 Å². The highest BCUT2D eigenvalue weighted by atomic mass is 32.1. The zero-order valence-corrected chi connectivity index (χ0v) is 15.5. The van der Waals surface area contributed by atoms with Crippen molar-refractivity contribution >= 4 is 28.2 Å². The van der Waals surface area contributed by atoms with Crippen molar-refractivity contribution in [3.05, 3.63) is 58.3 Å². The number of thiazole rings is 1. The summed E-state index contributed by atoms with van der Waals surface area (Å²) in [5.41, 5.74) is 6.87. The van der Waals surface area contributed by atoms with Crippen molar-refractivity contribution in [2.24, 2.45) is 0 Å². The van der Waals surface area contributed by atoms with Crippen LogP contribution in [0.4, 0.5) is 5.95 Å². The molecule has 7 nitrogen and oxygen atoms in total. The van der Waals surface area contributed by atoms with Crippen LogP contribution in [0, 0.1) is 18.8 Å². The van der Waals surface area contributed by atoms with E-state index in [4.69, 9.17) is 5.73 Å². The van der Waals surface area contributed by atoms with Crippen molar-refractivity contribution in [1.29, 1.82) is 0 Å². The van der Waals surface area contributed by atoms with Crippen LogP contribution in [0.2, 0.25) is 0 Å². The number of hydrogen-bond acceptors (Lipinski definition) is 7. The van der Waals surface area contributed by atoms with Crippen molar-refractivity contribution in [3.63, 3.8) is 0 Å². The second-order valence-corrected chi connectivity index (χ2v) is 7.06. The minimum Gasteiger partial charge on any atom is -0.371 e. The molecule has 0 aliphatic rings. The average molecular weight is 376 g/mol. The number of rotatable bonds is 2. The molecule has 0 amide bonds. The first-order valence-electron chi connectivity index (χ1n) is 8.18.